The number of nitrogens with one attached hydrogen (secondary N) is 1. The molecule has 1 fully saturated rings. The Labute approximate surface area is 110 Å². The predicted octanol–water partition coefficient (Wildman–Crippen LogP) is 1.44. The maximum Gasteiger partial charge on any atom is 0.128 e. The van der Waals surface area contributed by atoms with Crippen molar-refractivity contribution in [1.29, 1.82) is 0 Å². The van der Waals surface area contributed by atoms with Gasteiger partial charge in [-0.15, -0.1) is 0 Å². The molecule has 2 heterocycles. The Kier molecular flexibility index (Phi) is 5.08. The van der Waals surface area contributed by atoms with Crippen LogP contribution in [-0.2, 0) is 6.42 Å². The standard InChI is InChI=1S/C14H24N4/c1-15-8-3-4-14-16-9-5-13(17-14)12-6-10-18(2)11-7-12/h5,9,12,15H,3-4,6-8,10-11H2,1-2H3. The summed E-state index contributed by atoms with van der Waals surface area (Å²) in [6.45, 7) is 3.40. The fourth-order valence-corrected chi connectivity index (χ4v) is 2.49. The third-order valence-corrected chi connectivity index (χ3v) is 3.69. The Hall–Kier alpha value is -1.00. The van der Waals surface area contributed by atoms with E-state index in [2.05, 4.69) is 28.3 Å². The average Bonchev–Trinajstić information content (AvgIpc) is 2.40. The number of rotatable bonds is 5. The van der Waals surface area contributed by atoms with Crippen LogP contribution in [0.5, 0.6) is 0 Å². The summed E-state index contributed by atoms with van der Waals surface area (Å²) in [5, 5.41) is 3.16. The minimum Gasteiger partial charge on any atom is -0.320 e. The first-order chi connectivity index (χ1) is 8.79. The van der Waals surface area contributed by atoms with E-state index in [4.69, 9.17) is 4.98 Å². The molecule has 0 unspecified atom stereocenters. The number of nitrogens with zero attached hydrogens (tertiary/aromatic N) is 3. The van der Waals surface area contributed by atoms with Crippen LogP contribution in [0.25, 0.3) is 0 Å². The SMILES string of the molecule is CNCCCc1nccc(C2CCN(C)CC2)n1. The highest BCUT2D eigenvalue weighted by Crippen LogP contribution is 2.25. The van der Waals surface area contributed by atoms with Gasteiger partial charge in [0, 0.05) is 24.2 Å². The fourth-order valence-electron chi connectivity index (χ4n) is 2.49. The van der Waals surface area contributed by atoms with Crippen molar-refractivity contribution in [1.82, 2.24) is 20.2 Å². The van der Waals surface area contributed by atoms with Gasteiger partial charge in [-0.3, -0.25) is 0 Å². The summed E-state index contributed by atoms with van der Waals surface area (Å²) in [5.74, 6) is 1.63. The number of piperidine rings is 1. The van der Waals surface area contributed by atoms with Gasteiger partial charge in [0.05, 0.1) is 0 Å². The van der Waals surface area contributed by atoms with Gasteiger partial charge in [-0.25, -0.2) is 9.97 Å². The van der Waals surface area contributed by atoms with Crippen molar-refractivity contribution in [3.8, 4) is 0 Å². The zero-order chi connectivity index (χ0) is 12.8. The highest BCUT2D eigenvalue weighted by atomic mass is 15.1. The van der Waals surface area contributed by atoms with Crippen molar-refractivity contribution >= 4 is 0 Å². The highest BCUT2D eigenvalue weighted by molar-refractivity contribution is 5.10. The Morgan fingerprint density at radius 2 is 2.17 bits per heavy atom. The van der Waals surface area contributed by atoms with E-state index < -0.39 is 0 Å². The van der Waals surface area contributed by atoms with E-state index >= 15 is 0 Å². The Morgan fingerprint density at radius 3 is 2.89 bits per heavy atom. The monoisotopic (exact) mass is 248 g/mol. The lowest BCUT2D eigenvalue weighted by Gasteiger charge is -2.28. The van der Waals surface area contributed by atoms with Crippen molar-refractivity contribution in [3.05, 3.63) is 23.8 Å². The summed E-state index contributed by atoms with van der Waals surface area (Å²) in [7, 11) is 4.18. The average molecular weight is 248 g/mol. The van der Waals surface area contributed by atoms with Crippen LogP contribution in [-0.4, -0.2) is 48.6 Å². The van der Waals surface area contributed by atoms with Gasteiger partial charge in [0.15, 0.2) is 0 Å². The van der Waals surface area contributed by atoms with Gasteiger partial charge in [0.1, 0.15) is 5.82 Å². The molecule has 0 radical (unpaired) electrons. The molecule has 18 heavy (non-hydrogen) atoms. The summed E-state index contributed by atoms with van der Waals surface area (Å²) in [5.41, 5.74) is 1.25. The maximum absolute atomic E-state index is 4.74. The first-order valence-electron chi connectivity index (χ1n) is 6.94. The molecule has 0 aliphatic carbocycles. The van der Waals surface area contributed by atoms with Crippen molar-refractivity contribution < 1.29 is 0 Å². The number of likely N-dealkylation sites (tertiary alicyclic amines) is 1. The third kappa shape index (κ3) is 3.75. The molecule has 1 N–H and O–H groups in total. The topological polar surface area (TPSA) is 41.1 Å². The molecule has 1 saturated heterocycles. The van der Waals surface area contributed by atoms with Crippen LogP contribution in [0.15, 0.2) is 12.3 Å². The molecule has 1 aromatic heterocycles. The number of aryl methyl sites for hydroxylation is 1. The van der Waals surface area contributed by atoms with E-state index in [1.165, 1.54) is 31.6 Å². The summed E-state index contributed by atoms with van der Waals surface area (Å²) in [6.07, 6.45) is 6.46. The fraction of sp³-hybridized carbons (Fsp3) is 0.714. The molecule has 1 aromatic rings. The lowest BCUT2D eigenvalue weighted by atomic mass is 9.93. The van der Waals surface area contributed by atoms with Crippen LogP contribution in [0.2, 0.25) is 0 Å². The second-order valence-corrected chi connectivity index (χ2v) is 5.18. The van der Waals surface area contributed by atoms with E-state index in [-0.39, 0.29) is 0 Å². The van der Waals surface area contributed by atoms with E-state index in [1.54, 1.807) is 0 Å². The summed E-state index contributed by atoms with van der Waals surface area (Å²) >= 11 is 0. The first-order valence-corrected chi connectivity index (χ1v) is 6.94. The van der Waals surface area contributed by atoms with Gasteiger partial charge in [0.25, 0.3) is 0 Å². The normalized spacial score (nSPS) is 18.1. The van der Waals surface area contributed by atoms with Gasteiger partial charge >= 0.3 is 0 Å². The van der Waals surface area contributed by atoms with Crippen LogP contribution in [0.3, 0.4) is 0 Å². The molecule has 1 aliphatic rings. The Balaban J connectivity index is 1.94. The first kappa shape index (κ1) is 13.4. The lowest BCUT2D eigenvalue weighted by Crippen LogP contribution is -2.29. The number of hydrogen-bond acceptors (Lipinski definition) is 4. The van der Waals surface area contributed by atoms with E-state index in [0.717, 1.165) is 25.2 Å². The zero-order valence-corrected chi connectivity index (χ0v) is 11.5. The molecule has 0 saturated carbocycles. The van der Waals surface area contributed by atoms with Crippen molar-refractivity contribution in [2.45, 2.75) is 31.6 Å². The summed E-state index contributed by atoms with van der Waals surface area (Å²) < 4.78 is 0. The van der Waals surface area contributed by atoms with Crippen molar-refractivity contribution in [3.63, 3.8) is 0 Å². The van der Waals surface area contributed by atoms with Crippen LogP contribution in [0, 0.1) is 0 Å². The predicted molar refractivity (Wildman–Crippen MR) is 73.8 cm³/mol. The minimum absolute atomic E-state index is 0.632. The van der Waals surface area contributed by atoms with Gasteiger partial charge < -0.3 is 10.2 Å². The molecular formula is C14H24N4. The Bertz CT molecular complexity index is 359. The van der Waals surface area contributed by atoms with Gasteiger partial charge in [-0.2, -0.15) is 0 Å². The molecule has 0 atom stereocenters. The molecule has 4 nitrogen and oxygen atoms in total. The van der Waals surface area contributed by atoms with Crippen LogP contribution >= 0.6 is 0 Å². The van der Waals surface area contributed by atoms with Crippen LogP contribution in [0.1, 0.15) is 36.7 Å². The molecule has 0 aromatic carbocycles. The molecular weight excluding hydrogens is 224 g/mol. The molecule has 0 bridgehead atoms. The number of aromatic nitrogens is 2. The van der Waals surface area contributed by atoms with E-state index in [9.17, 15) is 0 Å². The number of hydrogen-bond donors (Lipinski definition) is 1. The third-order valence-electron chi connectivity index (χ3n) is 3.69. The zero-order valence-electron chi connectivity index (χ0n) is 11.5. The molecule has 4 heteroatoms. The smallest absolute Gasteiger partial charge is 0.128 e. The lowest BCUT2D eigenvalue weighted by molar-refractivity contribution is 0.253. The maximum atomic E-state index is 4.74. The molecule has 0 amide bonds. The van der Waals surface area contributed by atoms with Gasteiger partial charge in [0.2, 0.25) is 0 Å². The summed E-state index contributed by atoms with van der Waals surface area (Å²) in [6, 6.07) is 2.09. The second kappa shape index (κ2) is 6.81. The van der Waals surface area contributed by atoms with Gasteiger partial charge in [-0.1, -0.05) is 0 Å². The van der Waals surface area contributed by atoms with Crippen LogP contribution < -0.4 is 5.32 Å². The van der Waals surface area contributed by atoms with E-state index in [1.807, 2.05) is 13.2 Å². The molecule has 1 aliphatic heterocycles. The molecule has 2 rings (SSSR count). The Morgan fingerprint density at radius 1 is 1.39 bits per heavy atom. The molecule has 0 spiro atoms. The van der Waals surface area contributed by atoms with Crippen LogP contribution in [0.4, 0.5) is 0 Å². The quantitative estimate of drug-likeness (QED) is 0.801. The summed E-state index contributed by atoms with van der Waals surface area (Å²) in [4.78, 5) is 11.5. The highest BCUT2D eigenvalue weighted by Gasteiger charge is 2.19. The largest absolute Gasteiger partial charge is 0.320 e. The van der Waals surface area contributed by atoms with Crippen molar-refractivity contribution in [2.24, 2.45) is 0 Å². The minimum atomic E-state index is 0.632. The second-order valence-electron chi connectivity index (χ2n) is 5.18. The van der Waals surface area contributed by atoms with Gasteiger partial charge in [-0.05, 0) is 59.1 Å². The van der Waals surface area contributed by atoms with E-state index in [0.29, 0.717) is 5.92 Å². The van der Waals surface area contributed by atoms with Crippen molar-refractivity contribution in [2.75, 3.05) is 33.7 Å². The molecule has 100 valence electrons.